The maximum Gasteiger partial charge on any atom is 0.426 e. The number of halogens is 5. The number of carbonyl (C=O) groups is 2. The second-order valence-electron chi connectivity index (χ2n) is 10.6. The first-order valence-electron chi connectivity index (χ1n) is 12.7. The fourth-order valence-corrected chi connectivity index (χ4v) is 6.17. The number of aryl methyl sites for hydroxylation is 1. The molecule has 0 bridgehead atoms. The van der Waals surface area contributed by atoms with E-state index in [1.807, 2.05) is 0 Å². The number of carbonyl (C=O) groups excluding carboxylic acids is 2. The van der Waals surface area contributed by atoms with E-state index in [2.05, 4.69) is 10.3 Å². The van der Waals surface area contributed by atoms with E-state index in [1.165, 1.54) is 10.6 Å². The average molecular weight is 596 g/mol. The predicted molar refractivity (Wildman–Crippen MR) is 135 cm³/mol. The number of nitrogens with zero attached hydrogens (tertiary/aromatic N) is 2. The highest BCUT2D eigenvalue weighted by atomic mass is 35.5. The number of pyridine rings is 2. The number of alkyl halides is 3. The monoisotopic (exact) mass is 595 g/mol. The van der Waals surface area contributed by atoms with Crippen molar-refractivity contribution < 1.29 is 42.1 Å². The Bertz CT molecular complexity index is 1770. The van der Waals surface area contributed by atoms with Crippen LogP contribution in [0.5, 0.6) is 0 Å². The zero-order chi connectivity index (χ0) is 29.8. The molecule has 9 nitrogen and oxygen atoms in total. The Balaban J connectivity index is 1.60. The standard InChI is InChI=1S/C27H22ClF4N3O6/c1-3-26(40)13-6-17-21-11(8-35(17)22(36)12(13)9-41-24(26)38)19-15(34-23(37)25(2,39)27(30,31)32)5-4-10-18(19)16(33-21)7-14(29)20(10)28/h6-7,15,39-40H,3-5,8-9H2,1-2H3,(H,34,37)/t15-,25?,26-/m0/s1. The van der Waals surface area contributed by atoms with Gasteiger partial charge in [0.2, 0.25) is 5.60 Å². The van der Waals surface area contributed by atoms with Crippen LogP contribution in [0.4, 0.5) is 17.6 Å². The van der Waals surface area contributed by atoms with E-state index in [1.54, 1.807) is 6.92 Å². The van der Waals surface area contributed by atoms with Crippen molar-refractivity contribution in [1.82, 2.24) is 14.9 Å². The van der Waals surface area contributed by atoms with E-state index in [9.17, 15) is 42.2 Å². The Hall–Kier alpha value is -3.55. The number of nitrogens with one attached hydrogen (secondary N) is 1. The van der Waals surface area contributed by atoms with Crippen LogP contribution in [0.15, 0.2) is 16.9 Å². The fourth-order valence-electron chi connectivity index (χ4n) is 5.93. The molecule has 0 fully saturated rings. The molecule has 6 rings (SSSR count). The van der Waals surface area contributed by atoms with Crippen LogP contribution in [-0.4, -0.2) is 43.4 Å². The minimum Gasteiger partial charge on any atom is -0.458 e. The molecule has 0 radical (unpaired) electrons. The average Bonchev–Trinajstić information content (AvgIpc) is 3.28. The summed E-state index contributed by atoms with van der Waals surface area (Å²) in [6, 6.07) is 1.41. The third kappa shape index (κ3) is 3.68. The Kier molecular flexibility index (Phi) is 5.88. The van der Waals surface area contributed by atoms with E-state index in [4.69, 9.17) is 16.3 Å². The number of hydrogen-bond donors (Lipinski definition) is 3. The van der Waals surface area contributed by atoms with Crippen LogP contribution in [0.3, 0.4) is 0 Å². The van der Waals surface area contributed by atoms with Crippen LogP contribution < -0.4 is 10.9 Å². The maximum atomic E-state index is 14.8. The van der Waals surface area contributed by atoms with Crippen molar-refractivity contribution in [2.45, 2.75) is 69.7 Å². The molecule has 2 aliphatic heterocycles. The molecule has 216 valence electrons. The summed E-state index contributed by atoms with van der Waals surface area (Å²) < 4.78 is 61.5. The summed E-state index contributed by atoms with van der Waals surface area (Å²) in [5.74, 6) is -3.38. The van der Waals surface area contributed by atoms with Crippen molar-refractivity contribution in [3.05, 3.63) is 61.1 Å². The van der Waals surface area contributed by atoms with Crippen LogP contribution >= 0.6 is 11.6 Å². The normalized spacial score (nSPS) is 22.5. The number of cyclic esters (lactones) is 1. The number of aliphatic hydroxyl groups is 2. The molecule has 3 aromatic rings. The molecular weight excluding hydrogens is 574 g/mol. The SMILES string of the molecule is CC[C@@]1(O)C(=O)OCc2c1cc1n(c2=O)Cc2c-1nc1cc(F)c(Cl)c3c1c2[C@@H](NC(=O)C(C)(O)C(F)(F)F)CC3. The van der Waals surface area contributed by atoms with Crippen molar-refractivity contribution in [3.8, 4) is 11.4 Å². The van der Waals surface area contributed by atoms with Gasteiger partial charge in [-0.25, -0.2) is 14.2 Å². The summed E-state index contributed by atoms with van der Waals surface area (Å²) in [7, 11) is 0. The number of hydrogen-bond acceptors (Lipinski definition) is 7. The van der Waals surface area contributed by atoms with E-state index in [0.29, 0.717) is 29.0 Å². The molecule has 2 aromatic heterocycles. The summed E-state index contributed by atoms with van der Waals surface area (Å²) >= 11 is 6.27. The highest BCUT2D eigenvalue weighted by molar-refractivity contribution is 6.32. The second-order valence-corrected chi connectivity index (χ2v) is 11.0. The lowest BCUT2D eigenvalue weighted by Gasteiger charge is -2.32. The second kappa shape index (κ2) is 8.73. The quantitative estimate of drug-likeness (QED) is 0.245. The zero-order valence-electron chi connectivity index (χ0n) is 21.6. The van der Waals surface area contributed by atoms with Gasteiger partial charge in [0, 0.05) is 22.6 Å². The number of esters is 1. The molecule has 4 heterocycles. The first-order valence-corrected chi connectivity index (χ1v) is 13.1. The Morgan fingerprint density at radius 2 is 1.98 bits per heavy atom. The Morgan fingerprint density at radius 1 is 1.27 bits per heavy atom. The summed E-state index contributed by atoms with van der Waals surface area (Å²) in [4.78, 5) is 43.3. The predicted octanol–water partition coefficient (Wildman–Crippen LogP) is 3.29. The molecule has 3 N–H and O–H groups in total. The lowest BCUT2D eigenvalue weighted by atomic mass is 9.83. The third-order valence-electron chi connectivity index (χ3n) is 8.34. The van der Waals surface area contributed by atoms with E-state index >= 15 is 0 Å². The summed E-state index contributed by atoms with van der Waals surface area (Å²) in [6.07, 6.45) is -5.25. The third-order valence-corrected chi connectivity index (χ3v) is 8.75. The lowest BCUT2D eigenvalue weighted by Crippen LogP contribution is -2.55. The number of rotatable bonds is 3. The highest BCUT2D eigenvalue weighted by Crippen LogP contribution is 2.47. The molecule has 3 aliphatic rings. The molecule has 1 amide bonds. The summed E-state index contributed by atoms with van der Waals surface area (Å²) in [5.41, 5.74) is -4.81. The molecule has 1 aliphatic carbocycles. The van der Waals surface area contributed by atoms with E-state index < -0.39 is 46.7 Å². The van der Waals surface area contributed by atoms with Gasteiger partial charge in [-0.2, -0.15) is 13.2 Å². The maximum absolute atomic E-state index is 14.8. The minimum absolute atomic E-state index is 0.0150. The van der Waals surface area contributed by atoms with Crippen molar-refractivity contribution in [1.29, 1.82) is 0 Å². The number of amides is 1. The van der Waals surface area contributed by atoms with Crippen LogP contribution in [0.1, 0.15) is 60.5 Å². The molecule has 41 heavy (non-hydrogen) atoms. The van der Waals surface area contributed by atoms with Gasteiger partial charge < -0.3 is 24.8 Å². The Labute approximate surface area is 233 Å². The van der Waals surface area contributed by atoms with Gasteiger partial charge in [-0.05, 0) is 43.4 Å². The largest absolute Gasteiger partial charge is 0.458 e. The number of aromatic nitrogens is 2. The first kappa shape index (κ1) is 27.6. The van der Waals surface area contributed by atoms with Gasteiger partial charge in [0.25, 0.3) is 11.5 Å². The molecule has 0 saturated heterocycles. The van der Waals surface area contributed by atoms with Crippen molar-refractivity contribution >= 4 is 34.4 Å². The molecule has 14 heteroatoms. The molecular formula is C27H22ClF4N3O6. The molecule has 0 saturated carbocycles. The van der Waals surface area contributed by atoms with Gasteiger partial charge in [0.1, 0.15) is 12.4 Å². The van der Waals surface area contributed by atoms with Gasteiger partial charge in [-0.15, -0.1) is 0 Å². The molecule has 0 spiro atoms. The molecule has 1 aromatic carbocycles. The van der Waals surface area contributed by atoms with Gasteiger partial charge in [0.15, 0.2) is 5.60 Å². The van der Waals surface area contributed by atoms with Crippen LogP contribution in [-0.2, 0) is 39.5 Å². The summed E-state index contributed by atoms with van der Waals surface area (Å²) in [6.45, 7) is 1.40. The fraction of sp³-hybridized carbons (Fsp3) is 0.407. The topological polar surface area (TPSA) is 131 Å². The number of fused-ring (bicyclic) bond motifs is 5. The lowest BCUT2D eigenvalue weighted by molar-refractivity contribution is -0.245. The minimum atomic E-state index is -5.26. The Morgan fingerprint density at radius 3 is 2.63 bits per heavy atom. The van der Waals surface area contributed by atoms with E-state index in [-0.39, 0.29) is 65.5 Å². The van der Waals surface area contributed by atoms with Gasteiger partial charge in [-0.3, -0.25) is 9.59 Å². The van der Waals surface area contributed by atoms with Gasteiger partial charge in [-0.1, -0.05) is 18.5 Å². The highest BCUT2D eigenvalue weighted by Gasteiger charge is 2.56. The number of ether oxygens (including phenoxy) is 1. The molecule has 3 atom stereocenters. The summed E-state index contributed by atoms with van der Waals surface area (Å²) in [5, 5.41) is 23.5. The first-order chi connectivity index (χ1) is 19.1. The molecule has 1 unspecified atom stereocenters. The van der Waals surface area contributed by atoms with Gasteiger partial charge >= 0.3 is 12.1 Å². The van der Waals surface area contributed by atoms with E-state index in [0.717, 1.165) is 6.07 Å². The smallest absolute Gasteiger partial charge is 0.426 e. The van der Waals surface area contributed by atoms with Crippen LogP contribution in [0.2, 0.25) is 5.02 Å². The van der Waals surface area contributed by atoms with Crippen molar-refractivity contribution in [2.75, 3.05) is 0 Å². The van der Waals surface area contributed by atoms with Crippen LogP contribution in [0, 0.1) is 5.82 Å². The number of benzene rings is 1. The van der Waals surface area contributed by atoms with Crippen molar-refractivity contribution in [2.24, 2.45) is 0 Å². The van der Waals surface area contributed by atoms with Crippen molar-refractivity contribution in [3.63, 3.8) is 0 Å². The van der Waals surface area contributed by atoms with Gasteiger partial charge in [0.05, 0.1) is 40.1 Å². The van der Waals surface area contributed by atoms with Crippen LogP contribution in [0.25, 0.3) is 22.3 Å². The zero-order valence-corrected chi connectivity index (χ0v) is 22.3.